The van der Waals surface area contributed by atoms with Gasteiger partial charge >= 0.3 is 0 Å². The number of hydrogen-bond donors (Lipinski definition) is 2. The van der Waals surface area contributed by atoms with Crippen LogP contribution in [0.1, 0.15) is 20.8 Å². The fraction of sp³-hybridized carbons (Fsp3) is 0.273. The van der Waals surface area contributed by atoms with Crippen LogP contribution in [-0.4, -0.2) is 10.2 Å². The summed E-state index contributed by atoms with van der Waals surface area (Å²) in [6.07, 6.45) is 10.5. The highest BCUT2D eigenvalue weighted by atomic mass is 16.2. The predicted molar refractivity (Wildman–Crippen MR) is 59.9 cm³/mol. The lowest BCUT2D eigenvalue weighted by atomic mass is 10.5. The normalized spacial score (nSPS) is 9.15. The molecule has 2 N–H and O–H groups in total. The highest BCUT2D eigenvalue weighted by Crippen LogP contribution is 1.69. The van der Waals surface area contributed by atoms with Gasteiger partial charge in [-0.15, -0.1) is 6.58 Å². The van der Waals surface area contributed by atoms with Crippen LogP contribution in [0.2, 0.25) is 0 Å². The Morgan fingerprint density at radius 3 is 1.31 bits per heavy atom. The molecule has 76 valence electrons. The molecule has 0 heterocycles. The van der Waals surface area contributed by atoms with Gasteiger partial charge in [0.2, 0.25) is 0 Å². The van der Waals surface area contributed by atoms with E-state index >= 15 is 0 Å². The quantitative estimate of drug-likeness (QED) is 0.368. The van der Waals surface area contributed by atoms with Gasteiger partial charge in [-0.3, -0.25) is 0 Å². The van der Waals surface area contributed by atoms with Gasteiger partial charge in [-0.2, -0.15) is 0 Å². The molecule has 0 rings (SSSR count). The summed E-state index contributed by atoms with van der Waals surface area (Å²) in [4.78, 5) is 0. The Morgan fingerprint density at radius 2 is 1.23 bits per heavy atom. The molecule has 0 aromatic rings. The van der Waals surface area contributed by atoms with Crippen LogP contribution < -0.4 is 0 Å². The number of allylic oxidation sites excluding steroid dienone is 5. The van der Waals surface area contributed by atoms with E-state index in [2.05, 4.69) is 6.58 Å². The van der Waals surface area contributed by atoms with Gasteiger partial charge in [0.1, 0.15) is 0 Å². The molecule has 0 aromatic carbocycles. The first-order valence-electron chi connectivity index (χ1n) is 3.99. The molecule has 0 saturated heterocycles. The van der Waals surface area contributed by atoms with Crippen molar-refractivity contribution >= 4 is 0 Å². The molecular formula is C11H20O2. The van der Waals surface area contributed by atoms with E-state index < -0.39 is 0 Å². The van der Waals surface area contributed by atoms with Gasteiger partial charge < -0.3 is 10.2 Å². The summed E-state index contributed by atoms with van der Waals surface area (Å²) in [6, 6.07) is 0. The first-order valence-corrected chi connectivity index (χ1v) is 3.99. The molecule has 0 aliphatic heterocycles. The Balaban J connectivity index is -0.000000125. The lowest BCUT2D eigenvalue weighted by Crippen LogP contribution is -1.44. The van der Waals surface area contributed by atoms with E-state index in [1.54, 1.807) is 31.2 Å². The minimum Gasteiger partial charge on any atom is -0.516 e. The second-order valence-corrected chi connectivity index (χ2v) is 1.76. The van der Waals surface area contributed by atoms with E-state index in [0.717, 1.165) is 12.5 Å². The maximum absolute atomic E-state index is 7.97. The molecule has 13 heavy (non-hydrogen) atoms. The monoisotopic (exact) mass is 184 g/mol. The van der Waals surface area contributed by atoms with Crippen LogP contribution in [0.15, 0.2) is 49.5 Å². The summed E-state index contributed by atoms with van der Waals surface area (Å²) in [5, 5.41) is 15.7. The summed E-state index contributed by atoms with van der Waals surface area (Å²) in [7, 11) is 0. The van der Waals surface area contributed by atoms with Crippen molar-refractivity contribution in [1.82, 2.24) is 0 Å². The highest BCUT2D eigenvalue weighted by Gasteiger charge is 1.50. The first-order chi connectivity index (χ1) is 6.24. The van der Waals surface area contributed by atoms with Crippen LogP contribution in [0.4, 0.5) is 0 Å². The fourth-order valence-electron chi connectivity index (χ4n) is 0.161. The summed E-state index contributed by atoms with van der Waals surface area (Å²) in [5.41, 5.74) is 0. The second kappa shape index (κ2) is 31.2. The van der Waals surface area contributed by atoms with E-state index in [0.29, 0.717) is 0 Å². The average molecular weight is 184 g/mol. The van der Waals surface area contributed by atoms with E-state index in [1.807, 2.05) is 19.9 Å². The summed E-state index contributed by atoms with van der Waals surface area (Å²) < 4.78 is 0. The minimum atomic E-state index is 1.00. The van der Waals surface area contributed by atoms with Crippen molar-refractivity contribution < 1.29 is 10.2 Å². The van der Waals surface area contributed by atoms with Crippen LogP contribution in [0, 0.1) is 0 Å². The average Bonchev–Trinajstić information content (AvgIpc) is 2.16. The molecule has 0 unspecified atom stereocenters. The van der Waals surface area contributed by atoms with Gasteiger partial charge in [0.05, 0.1) is 12.5 Å². The Bertz CT molecular complexity index is 130. The zero-order valence-electron chi connectivity index (χ0n) is 8.64. The van der Waals surface area contributed by atoms with Crippen molar-refractivity contribution in [3.63, 3.8) is 0 Å². The predicted octanol–water partition coefficient (Wildman–Crippen LogP) is 3.90. The highest BCUT2D eigenvalue weighted by molar-refractivity contribution is 4.96. The Kier molecular flexibility index (Phi) is 42.2. The lowest BCUT2D eigenvalue weighted by Gasteiger charge is -1.63. The maximum atomic E-state index is 7.97. The maximum Gasteiger partial charge on any atom is 0.0791 e. The molecule has 0 spiro atoms. The van der Waals surface area contributed by atoms with Crippen LogP contribution in [0.25, 0.3) is 0 Å². The largest absolute Gasteiger partial charge is 0.516 e. The second-order valence-electron chi connectivity index (χ2n) is 1.76. The molecule has 2 heteroatoms. The van der Waals surface area contributed by atoms with Gasteiger partial charge in [0, 0.05) is 0 Å². The number of rotatable bonds is 1. The van der Waals surface area contributed by atoms with Crippen LogP contribution in [-0.2, 0) is 0 Å². The number of aliphatic hydroxyl groups is 2. The molecule has 2 nitrogen and oxygen atoms in total. The molecule has 0 aliphatic rings. The van der Waals surface area contributed by atoms with Crippen molar-refractivity contribution in [2.45, 2.75) is 20.8 Å². The zero-order valence-corrected chi connectivity index (χ0v) is 8.64. The third kappa shape index (κ3) is 118. The van der Waals surface area contributed by atoms with Gasteiger partial charge in [0.15, 0.2) is 0 Å². The van der Waals surface area contributed by atoms with E-state index in [-0.39, 0.29) is 0 Å². The topological polar surface area (TPSA) is 40.5 Å². The molecule has 0 amide bonds. The van der Waals surface area contributed by atoms with Gasteiger partial charge in [-0.25, -0.2) is 0 Å². The molecule has 0 bridgehead atoms. The number of aliphatic hydroxyl groups excluding tert-OH is 2. The summed E-state index contributed by atoms with van der Waals surface area (Å²) in [5.74, 6) is 0. The van der Waals surface area contributed by atoms with E-state index in [4.69, 9.17) is 10.2 Å². The van der Waals surface area contributed by atoms with E-state index in [9.17, 15) is 0 Å². The Morgan fingerprint density at radius 1 is 0.846 bits per heavy atom. The lowest BCUT2D eigenvalue weighted by molar-refractivity contribution is 0.472. The Labute approximate surface area is 81.2 Å². The molecule has 0 saturated carbocycles. The minimum absolute atomic E-state index is 1.00. The SMILES string of the molecule is C/C=C/C=C\O.C/C=C\O.C=CC. The van der Waals surface area contributed by atoms with Gasteiger partial charge in [-0.1, -0.05) is 24.3 Å². The first kappa shape index (κ1) is 17.6. The van der Waals surface area contributed by atoms with Crippen molar-refractivity contribution in [3.05, 3.63) is 49.5 Å². The smallest absolute Gasteiger partial charge is 0.0791 e. The third-order valence-electron chi connectivity index (χ3n) is 0.539. The standard InChI is InChI=1S/C5H8O.C3H6O.C3H6/c1-2-3-4-5-6;1-2-3-4;1-3-2/h2-6H,1H3;2-4H,1H3;3H,1H2,2H3/b3-2+,5-4-;3-2-;. The van der Waals surface area contributed by atoms with Crippen molar-refractivity contribution in [2.75, 3.05) is 0 Å². The van der Waals surface area contributed by atoms with Crippen LogP contribution in [0.3, 0.4) is 0 Å². The molecule has 0 atom stereocenters. The van der Waals surface area contributed by atoms with Crippen molar-refractivity contribution in [1.29, 1.82) is 0 Å². The fourth-order valence-corrected chi connectivity index (χ4v) is 0.161. The molecule has 0 aromatic heterocycles. The molecule has 0 radical (unpaired) electrons. The van der Waals surface area contributed by atoms with Gasteiger partial charge in [0.25, 0.3) is 0 Å². The zero-order chi connectivity index (χ0) is 10.9. The third-order valence-corrected chi connectivity index (χ3v) is 0.539. The van der Waals surface area contributed by atoms with E-state index in [1.165, 1.54) is 0 Å². The van der Waals surface area contributed by atoms with Crippen LogP contribution >= 0.6 is 0 Å². The molecule has 0 fully saturated rings. The molecule has 0 aliphatic carbocycles. The van der Waals surface area contributed by atoms with Crippen molar-refractivity contribution in [2.24, 2.45) is 0 Å². The van der Waals surface area contributed by atoms with Gasteiger partial charge in [-0.05, 0) is 26.8 Å². The van der Waals surface area contributed by atoms with Crippen molar-refractivity contribution in [3.8, 4) is 0 Å². The Hall–Kier alpha value is -1.44. The number of hydrogen-bond acceptors (Lipinski definition) is 2. The molecular weight excluding hydrogens is 164 g/mol. The summed E-state index contributed by atoms with van der Waals surface area (Å²) in [6.45, 7) is 8.89. The summed E-state index contributed by atoms with van der Waals surface area (Å²) >= 11 is 0. The van der Waals surface area contributed by atoms with Crippen LogP contribution in [0.5, 0.6) is 0 Å².